The number of hydrogen-bond acceptors (Lipinski definition) is 6. The molecule has 9 heteroatoms. The fraction of sp³-hybridized carbons (Fsp3) is 0.458. The van der Waals surface area contributed by atoms with Crippen LogP contribution in [0.5, 0.6) is 5.75 Å². The van der Waals surface area contributed by atoms with Gasteiger partial charge in [-0.05, 0) is 48.9 Å². The van der Waals surface area contributed by atoms with Crippen LogP contribution in [-0.4, -0.2) is 66.3 Å². The van der Waals surface area contributed by atoms with Crippen LogP contribution in [0.1, 0.15) is 34.5 Å². The Bertz CT molecular complexity index is 992. The van der Waals surface area contributed by atoms with E-state index in [0.717, 1.165) is 17.7 Å². The van der Waals surface area contributed by atoms with Crippen molar-refractivity contribution in [3.05, 3.63) is 52.2 Å². The monoisotopic (exact) mass is 470 g/mol. The molecule has 0 spiro atoms. The SMILES string of the molecule is COc1cccc(C(=O)N2CC(N(Cc3cccs3)C(=O)C3CC3)CC2C(=O)NCCN)c1. The topological polar surface area (TPSA) is 105 Å². The average Bonchev–Trinajstić information content (AvgIpc) is 3.38. The number of nitrogens with two attached hydrogens (primary N) is 1. The molecule has 3 N–H and O–H groups in total. The number of rotatable bonds is 9. The minimum atomic E-state index is -0.668. The normalized spacial score (nSPS) is 19.9. The van der Waals surface area contributed by atoms with Gasteiger partial charge < -0.3 is 25.6 Å². The predicted molar refractivity (Wildman–Crippen MR) is 126 cm³/mol. The summed E-state index contributed by atoms with van der Waals surface area (Å²) in [6, 6.07) is 9.98. The van der Waals surface area contributed by atoms with Crippen molar-refractivity contribution in [1.82, 2.24) is 15.1 Å². The summed E-state index contributed by atoms with van der Waals surface area (Å²) in [5.74, 6) is 0.250. The molecule has 2 aromatic rings. The second-order valence-corrected chi connectivity index (χ2v) is 9.53. The number of benzene rings is 1. The van der Waals surface area contributed by atoms with E-state index >= 15 is 0 Å². The first-order valence-corrected chi connectivity index (χ1v) is 12.2. The number of methoxy groups -OCH3 is 1. The Hall–Kier alpha value is -2.91. The number of likely N-dealkylation sites (tertiary alicyclic amines) is 1. The van der Waals surface area contributed by atoms with Gasteiger partial charge in [0.2, 0.25) is 11.8 Å². The van der Waals surface area contributed by atoms with Crippen molar-refractivity contribution in [2.75, 3.05) is 26.7 Å². The third-order valence-electron chi connectivity index (χ3n) is 6.16. The lowest BCUT2D eigenvalue weighted by atomic mass is 10.1. The van der Waals surface area contributed by atoms with E-state index in [1.165, 1.54) is 0 Å². The van der Waals surface area contributed by atoms with Crippen molar-refractivity contribution in [3.8, 4) is 5.75 Å². The summed E-state index contributed by atoms with van der Waals surface area (Å²) in [4.78, 5) is 44.2. The Balaban J connectivity index is 1.60. The standard InChI is InChI=1S/C24H30N4O4S/c1-32-19-5-2-4-17(12-19)24(31)28-14-18(13-21(28)22(29)26-10-9-25)27(23(30)16-7-8-16)15-20-6-3-11-33-20/h2-6,11-12,16,18,21H,7-10,13-15,25H2,1H3,(H,26,29). The molecule has 2 atom stereocenters. The van der Waals surface area contributed by atoms with E-state index in [9.17, 15) is 14.4 Å². The van der Waals surface area contributed by atoms with E-state index in [2.05, 4.69) is 5.32 Å². The molecule has 0 radical (unpaired) electrons. The van der Waals surface area contributed by atoms with Gasteiger partial charge in [-0.15, -0.1) is 11.3 Å². The Morgan fingerprint density at radius 3 is 2.73 bits per heavy atom. The van der Waals surface area contributed by atoms with Crippen molar-refractivity contribution >= 4 is 29.1 Å². The van der Waals surface area contributed by atoms with Crippen LogP contribution >= 0.6 is 11.3 Å². The Labute approximate surface area is 197 Å². The number of ether oxygens (including phenoxy) is 1. The molecule has 1 aromatic carbocycles. The van der Waals surface area contributed by atoms with Gasteiger partial charge in [-0.25, -0.2) is 0 Å². The van der Waals surface area contributed by atoms with Crippen molar-refractivity contribution < 1.29 is 19.1 Å². The van der Waals surface area contributed by atoms with Gasteiger partial charge in [-0.1, -0.05) is 12.1 Å². The van der Waals surface area contributed by atoms with Crippen molar-refractivity contribution in [3.63, 3.8) is 0 Å². The Morgan fingerprint density at radius 2 is 2.06 bits per heavy atom. The third-order valence-corrected chi connectivity index (χ3v) is 7.02. The molecule has 2 unspecified atom stereocenters. The van der Waals surface area contributed by atoms with Crippen LogP contribution in [0.25, 0.3) is 0 Å². The van der Waals surface area contributed by atoms with Gasteiger partial charge in [0.25, 0.3) is 5.91 Å². The molecule has 33 heavy (non-hydrogen) atoms. The quantitative estimate of drug-likeness (QED) is 0.582. The first kappa shape index (κ1) is 23.3. The van der Waals surface area contributed by atoms with E-state index < -0.39 is 6.04 Å². The van der Waals surface area contributed by atoms with Crippen molar-refractivity contribution in [2.24, 2.45) is 11.7 Å². The molecular formula is C24H30N4O4S. The molecule has 1 aromatic heterocycles. The van der Waals surface area contributed by atoms with E-state index in [1.54, 1.807) is 47.6 Å². The van der Waals surface area contributed by atoms with Crippen molar-refractivity contribution in [2.45, 2.75) is 37.9 Å². The first-order valence-electron chi connectivity index (χ1n) is 11.3. The van der Waals surface area contributed by atoms with Gasteiger partial charge in [-0.2, -0.15) is 0 Å². The molecule has 8 nitrogen and oxygen atoms in total. The molecule has 4 rings (SSSR count). The second kappa shape index (κ2) is 10.4. The number of hydrogen-bond donors (Lipinski definition) is 2. The summed E-state index contributed by atoms with van der Waals surface area (Å²) in [7, 11) is 1.55. The largest absolute Gasteiger partial charge is 0.497 e. The third kappa shape index (κ3) is 5.36. The highest BCUT2D eigenvalue weighted by atomic mass is 32.1. The number of thiophene rings is 1. The summed E-state index contributed by atoms with van der Waals surface area (Å²) in [6.07, 6.45) is 2.20. The maximum Gasteiger partial charge on any atom is 0.254 e. The molecule has 1 aliphatic carbocycles. The minimum Gasteiger partial charge on any atom is -0.497 e. The van der Waals surface area contributed by atoms with Gasteiger partial charge in [-0.3, -0.25) is 14.4 Å². The fourth-order valence-corrected chi connectivity index (χ4v) is 4.97. The van der Waals surface area contributed by atoms with Crippen LogP contribution in [0.4, 0.5) is 0 Å². The number of nitrogens with one attached hydrogen (secondary N) is 1. The lowest BCUT2D eigenvalue weighted by Gasteiger charge is -2.29. The van der Waals surface area contributed by atoms with E-state index in [0.29, 0.717) is 43.9 Å². The summed E-state index contributed by atoms with van der Waals surface area (Å²) >= 11 is 1.60. The molecule has 1 saturated heterocycles. The molecule has 2 aliphatic rings. The average molecular weight is 471 g/mol. The molecule has 0 bridgehead atoms. The molecule has 1 aliphatic heterocycles. The molecule has 2 heterocycles. The van der Waals surface area contributed by atoms with E-state index in [1.807, 2.05) is 22.4 Å². The number of carbonyl (C=O) groups is 3. The van der Waals surface area contributed by atoms with E-state index in [-0.39, 0.29) is 29.7 Å². The van der Waals surface area contributed by atoms with Gasteiger partial charge >= 0.3 is 0 Å². The molecule has 3 amide bonds. The van der Waals surface area contributed by atoms with Crippen LogP contribution in [0.3, 0.4) is 0 Å². The summed E-state index contributed by atoms with van der Waals surface area (Å²) in [6.45, 7) is 1.45. The van der Waals surface area contributed by atoms with Gasteiger partial charge in [0.05, 0.1) is 19.7 Å². The smallest absolute Gasteiger partial charge is 0.254 e. The molecule has 2 fully saturated rings. The summed E-state index contributed by atoms with van der Waals surface area (Å²) in [5.41, 5.74) is 6.01. The molecule has 1 saturated carbocycles. The lowest BCUT2D eigenvalue weighted by molar-refractivity contribution is -0.135. The second-order valence-electron chi connectivity index (χ2n) is 8.49. The maximum absolute atomic E-state index is 13.5. The van der Waals surface area contributed by atoms with Gasteiger partial charge in [0.1, 0.15) is 11.8 Å². The lowest BCUT2D eigenvalue weighted by Crippen LogP contribution is -2.47. The first-order chi connectivity index (χ1) is 16.0. The van der Waals surface area contributed by atoms with Crippen LogP contribution in [0, 0.1) is 5.92 Å². The fourth-order valence-electron chi connectivity index (χ4n) is 4.27. The van der Waals surface area contributed by atoms with Gasteiger partial charge in [0.15, 0.2) is 0 Å². The Kier molecular flexibility index (Phi) is 7.29. The maximum atomic E-state index is 13.5. The number of nitrogens with zero attached hydrogens (tertiary/aromatic N) is 2. The van der Waals surface area contributed by atoms with Gasteiger partial charge in [0, 0.05) is 36.0 Å². The zero-order chi connectivity index (χ0) is 23.4. The van der Waals surface area contributed by atoms with Crippen LogP contribution in [0.15, 0.2) is 41.8 Å². The highest BCUT2D eigenvalue weighted by molar-refractivity contribution is 7.09. The number of amides is 3. The zero-order valence-corrected chi connectivity index (χ0v) is 19.6. The predicted octanol–water partition coefficient (Wildman–Crippen LogP) is 1.85. The highest BCUT2D eigenvalue weighted by Gasteiger charge is 2.45. The van der Waals surface area contributed by atoms with Crippen LogP contribution in [-0.2, 0) is 16.1 Å². The zero-order valence-electron chi connectivity index (χ0n) is 18.7. The summed E-state index contributed by atoms with van der Waals surface area (Å²) in [5, 5.41) is 4.81. The molecule has 176 valence electrons. The highest BCUT2D eigenvalue weighted by Crippen LogP contribution is 2.35. The van der Waals surface area contributed by atoms with E-state index in [4.69, 9.17) is 10.5 Å². The molecular weight excluding hydrogens is 440 g/mol. The van der Waals surface area contributed by atoms with Crippen LogP contribution < -0.4 is 15.8 Å². The summed E-state index contributed by atoms with van der Waals surface area (Å²) < 4.78 is 5.26. The van der Waals surface area contributed by atoms with Crippen LogP contribution in [0.2, 0.25) is 0 Å². The number of carbonyl (C=O) groups excluding carboxylic acids is 3. The Morgan fingerprint density at radius 1 is 1.24 bits per heavy atom. The van der Waals surface area contributed by atoms with Crippen molar-refractivity contribution in [1.29, 1.82) is 0 Å². The minimum absolute atomic E-state index is 0.0533.